The van der Waals surface area contributed by atoms with E-state index in [1.54, 1.807) is 0 Å². The molecule has 0 aliphatic carbocycles. The van der Waals surface area contributed by atoms with Gasteiger partial charge in [0.25, 0.3) is 0 Å². The molecule has 0 bridgehead atoms. The van der Waals surface area contributed by atoms with Gasteiger partial charge in [0.2, 0.25) is 0 Å². The van der Waals surface area contributed by atoms with Gasteiger partial charge in [0.15, 0.2) is 0 Å². The minimum atomic E-state index is 1.16. The predicted molar refractivity (Wildman–Crippen MR) is 119 cm³/mol. The number of rotatable bonds is 3. The highest BCUT2D eigenvalue weighted by Crippen LogP contribution is 2.20. The first kappa shape index (κ1) is 18.4. The van der Waals surface area contributed by atoms with Crippen molar-refractivity contribution < 1.29 is 0 Å². The fraction of sp³-hybridized carbons (Fsp3) is 0.0370. The maximum Gasteiger partial charge on any atom is -0.0184 e. The van der Waals surface area contributed by atoms with E-state index in [4.69, 9.17) is 0 Å². The van der Waals surface area contributed by atoms with Crippen molar-refractivity contribution in [3.63, 3.8) is 0 Å². The van der Waals surface area contributed by atoms with Gasteiger partial charge >= 0.3 is 0 Å². The molecule has 0 aliphatic rings. The molecule has 0 atom stereocenters. The monoisotopic (exact) mass is 348 g/mol. The van der Waals surface area contributed by atoms with E-state index in [9.17, 15) is 0 Å². The van der Waals surface area contributed by atoms with Crippen molar-refractivity contribution in [3.8, 4) is 22.3 Å². The van der Waals surface area contributed by atoms with Crippen LogP contribution in [0.15, 0.2) is 116 Å². The van der Waals surface area contributed by atoms with Gasteiger partial charge < -0.3 is 0 Å². The molecule has 0 fully saturated rings. The normalized spacial score (nSPS) is 9.81. The minimum Gasteiger partial charge on any atom is -0.0985 e. The fourth-order valence-electron chi connectivity index (χ4n) is 2.82. The number of aryl methyl sites for hydroxylation is 1. The molecule has 0 radical (unpaired) electrons. The molecule has 4 aromatic carbocycles. The maximum absolute atomic E-state index is 3.73. The van der Waals surface area contributed by atoms with Crippen molar-refractivity contribution in [2.24, 2.45) is 0 Å². The second-order valence-corrected chi connectivity index (χ2v) is 6.42. The molecule has 0 spiro atoms. The van der Waals surface area contributed by atoms with Crippen LogP contribution >= 0.6 is 0 Å². The molecule has 0 N–H and O–H groups in total. The highest BCUT2D eigenvalue weighted by Gasteiger charge is 1.95. The molecule has 27 heavy (non-hydrogen) atoms. The van der Waals surface area contributed by atoms with Gasteiger partial charge in [0.05, 0.1) is 0 Å². The first-order valence-electron chi connectivity index (χ1n) is 9.16. The van der Waals surface area contributed by atoms with Gasteiger partial charge in [-0.1, -0.05) is 127 Å². The van der Waals surface area contributed by atoms with Crippen LogP contribution in [0.25, 0.3) is 28.3 Å². The van der Waals surface area contributed by atoms with Crippen LogP contribution in [0.4, 0.5) is 0 Å². The zero-order valence-electron chi connectivity index (χ0n) is 15.7. The van der Waals surface area contributed by atoms with Crippen molar-refractivity contribution in [2.45, 2.75) is 6.92 Å². The van der Waals surface area contributed by atoms with E-state index in [1.165, 1.54) is 27.8 Å². The Bertz CT molecular complexity index is 948. The molecule has 0 unspecified atom stereocenters. The van der Waals surface area contributed by atoms with Gasteiger partial charge in [-0.15, -0.1) is 0 Å². The molecule has 0 aromatic heterocycles. The summed E-state index contributed by atoms with van der Waals surface area (Å²) in [7, 11) is 0. The van der Waals surface area contributed by atoms with E-state index in [2.05, 4.69) is 111 Å². The average Bonchev–Trinajstić information content (AvgIpc) is 2.76. The Hall–Kier alpha value is -3.38. The Morgan fingerprint density at radius 3 is 1.26 bits per heavy atom. The highest BCUT2D eigenvalue weighted by molar-refractivity contribution is 5.65. The highest BCUT2D eigenvalue weighted by atomic mass is 14.0. The van der Waals surface area contributed by atoms with E-state index in [-0.39, 0.29) is 0 Å². The molecule has 4 aromatic rings. The Balaban J connectivity index is 0.000000156. The summed E-state index contributed by atoms with van der Waals surface area (Å²) in [4.78, 5) is 0. The van der Waals surface area contributed by atoms with Gasteiger partial charge in [-0.3, -0.25) is 0 Å². The van der Waals surface area contributed by atoms with Gasteiger partial charge in [-0.05, 0) is 34.7 Å². The smallest absolute Gasteiger partial charge is 0.0184 e. The lowest BCUT2D eigenvalue weighted by molar-refractivity contribution is 1.47. The van der Waals surface area contributed by atoms with Crippen LogP contribution in [-0.4, -0.2) is 0 Å². The average molecular weight is 348 g/mol. The summed E-state index contributed by atoms with van der Waals surface area (Å²) in [5, 5.41) is 0. The summed E-state index contributed by atoms with van der Waals surface area (Å²) in [5.74, 6) is 0. The Kier molecular flexibility index (Phi) is 6.38. The topological polar surface area (TPSA) is 0 Å². The number of benzene rings is 4. The molecule has 0 heteroatoms. The molecule has 0 aliphatic heterocycles. The summed E-state index contributed by atoms with van der Waals surface area (Å²) >= 11 is 0. The number of hydrogen-bond acceptors (Lipinski definition) is 0. The van der Waals surface area contributed by atoms with E-state index in [1.807, 2.05) is 18.2 Å². The summed E-state index contributed by atoms with van der Waals surface area (Å²) < 4.78 is 0. The second-order valence-electron chi connectivity index (χ2n) is 6.42. The SMILES string of the molecule is C=Cc1ccc(-c2ccccc2)cc1.Cc1ccc(-c2ccccc2)cc1. The third kappa shape index (κ3) is 5.29. The first-order valence-corrected chi connectivity index (χ1v) is 9.16. The molecular formula is C27H24. The summed E-state index contributed by atoms with van der Waals surface area (Å²) in [6, 6.07) is 37.8. The van der Waals surface area contributed by atoms with Crippen LogP contribution in [-0.2, 0) is 0 Å². The Labute approximate surface area is 162 Å². The zero-order valence-corrected chi connectivity index (χ0v) is 15.7. The van der Waals surface area contributed by atoms with Gasteiger partial charge in [0, 0.05) is 0 Å². The fourth-order valence-corrected chi connectivity index (χ4v) is 2.82. The van der Waals surface area contributed by atoms with Crippen molar-refractivity contribution in [1.29, 1.82) is 0 Å². The molecule has 132 valence electrons. The first-order chi connectivity index (χ1) is 13.3. The van der Waals surface area contributed by atoms with Gasteiger partial charge in [-0.2, -0.15) is 0 Å². The van der Waals surface area contributed by atoms with Crippen LogP contribution in [0.3, 0.4) is 0 Å². The summed E-state index contributed by atoms with van der Waals surface area (Å²) in [5.41, 5.74) is 7.53. The van der Waals surface area contributed by atoms with Crippen LogP contribution < -0.4 is 0 Å². The molecule has 0 nitrogen and oxygen atoms in total. The van der Waals surface area contributed by atoms with Crippen LogP contribution in [0.5, 0.6) is 0 Å². The van der Waals surface area contributed by atoms with E-state index >= 15 is 0 Å². The number of hydrogen-bond donors (Lipinski definition) is 0. The zero-order chi connectivity index (χ0) is 18.9. The maximum atomic E-state index is 3.73. The van der Waals surface area contributed by atoms with Gasteiger partial charge in [-0.25, -0.2) is 0 Å². The molecule has 0 amide bonds. The van der Waals surface area contributed by atoms with Gasteiger partial charge in [0.1, 0.15) is 0 Å². The van der Waals surface area contributed by atoms with Crippen molar-refractivity contribution in [1.82, 2.24) is 0 Å². The third-order valence-electron chi connectivity index (χ3n) is 4.41. The van der Waals surface area contributed by atoms with E-state index in [0.29, 0.717) is 0 Å². The molecule has 0 saturated heterocycles. The van der Waals surface area contributed by atoms with Crippen molar-refractivity contribution in [3.05, 3.63) is 127 Å². The van der Waals surface area contributed by atoms with E-state index < -0.39 is 0 Å². The van der Waals surface area contributed by atoms with Crippen LogP contribution in [0.1, 0.15) is 11.1 Å². The van der Waals surface area contributed by atoms with Crippen molar-refractivity contribution >= 4 is 6.08 Å². The third-order valence-corrected chi connectivity index (χ3v) is 4.41. The molecule has 0 heterocycles. The molecule has 0 saturated carbocycles. The summed E-state index contributed by atoms with van der Waals surface area (Å²) in [6.45, 7) is 5.84. The summed E-state index contributed by atoms with van der Waals surface area (Å²) in [6.07, 6.45) is 1.86. The molecular weight excluding hydrogens is 324 g/mol. The van der Waals surface area contributed by atoms with E-state index in [0.717, 1.165) is 5.56 Å². The molecule has 4 rings (SSSR count). The lowest BCUT2D eigenvalue weighted by Gasteiger charge is -2.01. The van der Waals surface area contributed by atoms with Crippen molar-refractivity contribution in [2.75, 3.05) is 0 Å². The second kappa shape index (κ2) is 9.35. The minimum absolute atomic E-state index is 1.16. The Morgan fingerprint density at radius 2 is 0.852 bits per heavy atom. The Morgan fingerprint density at radius 1 is 0.481 bits per heavy atom. The van der Waals surface area contributed by atoms with Crippen LogP contribution in [0, 0.1) is 6.92 Å². The lowest BCUT2D eigenvalue weighted by atomic mass is 10.0. The predicted octanol–water partition coefficient (Wildman–Crippen LogP) is 7.66. The lowest BCUT2D eigenvalue weighted by Crippen LogP contribution is -1.76. The quantitative estimate of drug-likeness (QED) is 0.356. The largest absolute Gasteiger partial charge is 0.0985 e. The van der Waals surface area contributed by atoms with Crippen LogP contribution in [0.2, 0.25) is 0 Å². The standard InChI is InChI=1S/C14H12.C13H12/c1-2-12-8-10-14(11-9-12)13-6-4-3-5-7-13;1-11-7-9-13(10-8-11)12-5-3-2-4-6-12/h2-11H,1H2;2-10H,1H3.